The molecule has 1 heterocycles. The van der Waals surface area contributed by atoms with Crippen LogP contribution in [-0.2, 0) is 0 Å². The molecular weight excluding hydrogens is 306 g/mol. The van der Waals surface area contributed by atoms with Crippen molar-refractivity contribution in [2.24, 2.45) is 0 Å². The Kier molecular flexibility index (Phi) is 4.60. The van der Waals surface area contributed by atoms with Gasteiger partial charge in [-0.05, 0) is 64.5 Å². The first-order valence-corrected chi connectivity index (χ1v) is 7.83. The van der Waals surface area contributed by atoms with Gasteiger partial charge in [-0.3, -0.25) is 0 Å². The van der Waals surface area contributed by atoms with Crippen LogP contribution in [-0.4, -0.2) is 6.54 Å². The van der Waals surface area contributed by atoms with E-state index in [-0.39, 0.29) is 6.04 Å². The Morgan fingerprint density at radius 1 is 1.28 bits per heavy atom. The van der Waals surface area contributed by atoms with Crippen molar-refractivity contribution in [3.8, 4) is 0 Å². The van der Waals surface area contributed by atoms with Gasteiger partial charge >= 0.3 is 0 Å². The third-order valence-electron chi connectivity index (χ3n) is 3.07. The highest BCUT2D eigenvalue weighted by Gasteiger charge is 2.16. The van der Waals surface area contributed by atoms with E-state index in [2.05, 4.69) is 71.7 Å². The zero-order valence-electron chi connectivity index (χ0n) is 11.0. The normalized spacial score (nSPS) is 12.7. The highest BCUT2D eigenvalue weighted by Crippen LogP contribution is 2.31. The van der Waals surface area contributed by atoms with Crippen molar-refractivity contribution < 1.29 is 0 Å². The fourth-order valence-corrected chi connectivity index (χ4v) is 3.44. The highest BCUT2D eigenvalue weighted by atomic mass is 79.9. The Morgan fingerprint density at radius 2 is 2.06 bits per heavy atom. The van der Waals surface area contributed by atoms with Gasteiger partial charge in [0.2, 0.25) is 0 Å². The first kappa shape index (κ1) is 13.8. The third-order valence-corrected chi connectivity index (χ3v) is 4.59. The van der Waals surface area contributed by atoms with Gasteiger partial charge in [-0.1, -0.05) is 30.7 Å². The molecule has 3 heteroatoms. The lowest BCUT2D eigenvalue weighted by molar-refractivity contribution is 0.629. The molecule has 0 aliphatic carbocycles. The van der Waals surface area contributed by atoms with E-state index in [0.717, 1.165) is 6.54 Å². The van der Waals surface area contributed by atoms with Gasteiger partial charge < -0.3 is 5.32 Å². The van der Waals surface area contributed by atoms with E-state index in [1.54, 1.807) is 11.3 Å². The quantitative estimate of drug-likeness (QED) is 0.850. The second-order valence-electron chi connectivity index (χ2n) is 4.53. The molecule has 0 aliphatic rings. The standard InChI is InChI=1S/C15H18BrNS/c1-4-17-15(12-8-14(16)18-9-12)13-6-5-10(2)7-11(13)3/h5-9,15,17H,4H2,1-3H3. The molecule has 0 radical (unpaired) electrons. The lowest BCUT2D eigenvalue weighted by atomic mass is 9.95. The Bertz CT molecular complexity index is 533. The predicted molar refractivity (Wildman–Crippen MR) is 83.5 cm³/mol. The fraction of sp³-hybridized carbons (Fsp3) is 0.333. The van der Waals surface area contributed by atoms with Crippen molar-refractivity contribution in [3.05, 3.63) is 55.7 Å². The summed E-state index contributed by atoms with van der Waals surface area (Å²) in [6, 6.07) is 9.17. The van der Waals surface area contributed by atoms with Gasteiger partial charge in [0, 0.05) is 0 Å². The second kappa shape index (κ2) is 6.00. The van der Waals surface area contributed by atoms with Crippen LogP contribution in [0.15, 0.2) is 33.4 Å². The van der Waals surface area contributed by atoms with Gasteiger partial charge in [-0.25, -0.2) is 0 Å². The number of nitrogens with one attached hydrogen (secondary N) is 1. The molecule has 1 unspecified atom stereocenters. The van der Waals surface area contributed by atoms with Crippen LogP contribution >= 0.6 is 27.3 Å². The van der Waals surface area contributed by atoms with Crippen LogP contribution in [0.1, 0.15) is 35.2 Å². The van der Waals surface area contributed by atoms with E-state index in [1.807, 2.05) is 0 Å². The monoisotopic (exact) mass is 323 g/mol. The number of thiophene rings is 1. The number of benzene rings is 1. The minimum Gasteiger partial charge on any atom is -0.306 e. The fourth-order valence-electron chi connectivity index (χ4n) is 2.24. The molecule has 0 spiro atoms. The molecular formula is C15H18BrNS. The summed E-state index contributed by atoms with van der Waals surface area (Å²) in [6.07, 6.45) is 0. The molecule has 0 saturated heterocycles. The van der Waals surface area contributed by atoms with Gasteiger partial charge in [0.1, 0.15) is 0 Å². The van der Waals surface area contributed by atoms with Gasteiger partial charge in [-0.2, -0.15) is 0 Å². The Morgan fingerprint density at radius 3 is 2.61 bits per heavy atom. The molecule has 0 aliphatic heterocycles. The minimum absolute atomic E-state index is 0.290. The molecule has 1 nitrogen and oxygen atoms in total. The van der Waals surface area contributed by atoms with Gasteiger partial charge in [0.05, 0.1) is 9.83 Å². The van der Waals surface area contributed by atoms with E-state index in [1.165, 1.54) is 26.0 Å². The summed E-state index contributed by atoms with van der Waals surface area (Å²) in [5, 5.41) is 5.79. The molecule has 0 saturated carbocycles. The zero-order valence-corrected chi connectivity index (χ0v) is 13.4. The molecule has 96 valence electrons. The molecule has 0 bridgehead atoms. The molecule has 1 N–H and O–H groups in total. The molecule has 18 heavy (non-hydrogen) atoms. The predicted octanol–water partition coefficient (Wildman–Crippen LogP) is 4.83. The van der Waals surface area contributed by atoms with E-state index in [9.17, 15) is 0 Å². The molecule has 1 atom stereocenters. The third kappa shape index (κ3) is 3.02. The molecule has 0 fully saturated rings. The number of hydrogen-bond acceptors (Lipinski definition) is 2. The van der Waals surface area contributed by atoms with Crippen molar-refractivity contribution in [3.63, 3.8) is 0 Å². The van der Waals surface area contributed by atoms with Crippen LogP contribution in [0, 0.1) is 13.8 Å². The SMILES string of the molecule is CCNC(c1csc(Br)c1)c1ccc(C)cc1C. The molecule has 1 aromatic carbocycles. The van der Waals surface area contributed by atoms with Crippen molar-refractivity contribution in [2.75, 3.05) is 6.54 Å². The average Bonchev–Trinajstić information content (AvgIpc) is 2.73. The van der Waals surface area contributed by atoms with E-state index in [0.29, 0.717) is 0 Å². The lowest BCUT2D eigenvalue weighted by Gasteiger charge is -2.20. The second-order valence-corrected chi connectivity index (χ2v) is 6.83. The molecule has 2 aromatic rings. The van der Waals surface area contributed by atoms with Crippen LogP contribution in [0.2, 0.25) is 0 Å². The number of rotatable bonds is 4. The summed E-state index contributed by atoms with van der Waals surface area (Å²) in [4.78, 5) is 0. The topological polar surface area (TPSA) is 12.0 Å². The van der Waals surface area contributed by atoms with Gasteiger partial charge in [-0.15, -0.1) is 11.3 Å². The smallest absolute Gasteiger partial charge is 0.0701 e. The Hall–Kier alpha value is -0.640. The summed E-state index contributed by atoms with van der Waals surface area (Å²) in [7, 11) is 0. The van der Waals surface area contributed by atoms with Crippen molar-refractivity contribution in [1.29, 1.82) is 0 Å². The largest absolute Gasteiger partial charge is 0.306 e. The summed E-state index contributed by atoms with van der Waals surface area (Å²) in [5.74, 6) is 0. The number of aryl methyl sites for hydroxylation is 2. The average molecular weight is 324 g/mol. The molecule has 0 amide bonds. The lowest BCUT2D eigenvalue weighted by Crippen LogP contribution is -2.22. The summed E-state index contributed by atoms with van der Waals surface area (Å²) >= 11 is 5.28. The molecule has 1 aromatic heterocycles. The van der Waals surface area contributed by atoms with Gasteiger partial charge in [0.15, 0.2) is 0 Å². The van der Waals surface area contributed by atoms with Crippen molar-refractivity contribution in [1.82, 2.24) is 5.32 Å². The van der Waals surface area contributed by atoms with Crippen LogP contribution in [0.25, 0.3) is 0 Å². The maximum atomic E-state index is 3.57. The first-order chi connectivity index (χ1) is 8.61. The number of halogens is 1. The summed E-state index contributed by atoms with van der Waals surface area (Å²) < 4.78 is 1.19. The van der Waals surface area contributed by atoms with Crippen LogP contribution < -0.4 is 5.32 Å². The maximum absolute atomic E-state index is 3.57. The van der Waals surface area contributed by atoms with E-state index in [4.69, 9.17) is 0 Å². The number of hydrogen-bond donors (Lipinski definition) is 1. The molecule has 2 rings (SSSR count). The van der Waals surface area contributed by atoms with Crippen LogP contribution in [0.4, 0.5) is 0 Å². The van der Waals surface area contributed by atoms with E-state index >= 15 is 0 Å². The summed E-state index contributed by atoms with van der Waals surface area (Å²) in [5.41, 5.74) is 5.37. The summed E-state index contributed by atoms with van der Waals surface area (Å²) in [6.45, 7) is 7.44. The van der Waals surface area contributed by atoms with Gasteiger partial charge in [0.25, 0.3) is 0 Å². The maximum Gasteiger partial charge on any atom is 0.0701 e. The Balaban J connectivity index is 2.41. The Labute approximate surface area is 121 Å². The van der Waals surface area contributed by atoms with Crippen molar-refractivity contribution >= 4 is 27.3 Å². The van der Waals surface area contributed by atoms with Crippen LogP contribution in [0.5, 0.6) is 0 Å². The highest BCUT2D eigenvalue weighted by molar-refractivity contribution is 9.11. The first-order valence-electron chi connectivity index (χ1n) is 6.16. The zero-order chi connectivity index (χ0) is 13.1. The minimum atomic E-state index is 0.290. The van der Waals surface area contributed by atoms with E-state index < -0.39 is 0 Å². The van der Waals surface area contributed by atoms with Crippen LogP contribution in [0.3, 0.4) is 0 Å². The van der Waals surface area contributed by atoms with Crippen molar-refractivity contribution in [2.45, 2.75) is 26.8 Å².